The summed E-state index contributed by atoms with van der Waals surface area (Å²) in [6.45, 7) is -0.365. The Morgan fingerprint density at radius 3 is 2.31 bits per heavy atom. The summed E-state index contributed by atoms with van der Waals surface area (Å²) in [7, 11) is -3.97. The van der Waals surface area contributed by atoms with Crippen LogP contribution in [0.1, 0.15) is 5.56 Å². The van der Waals surface area contributed by atoms with E-state index in [-0.39, 0.29) is 18.0 Å². The Hall–Kier alpha value is -2.49. The summed E-state index contributed by atoms with van der Waals surface area (Å²) >= 11 is 13.2. The maximum atomic E-state index is 13.3. The van der Waals surface area contributed by atoms with Gasteiger partial charge in [0.15, 0.2) is 0 Å². The van der Waals surface area contributed by atoms with E-state index in [1.54, 1.807) is 42.6 Å². The molecule has 0 saturated heterocycles. The number of carbonyl (C=O) groups excluding carboxylic acids is 1. The van der Waals surface area contributed by atoms with Crippen LogP contribution in [0.4, 0.5) is 5.69 Å². The number of amides is 1. The SMILES string of the molecule is O=C(CN(Cc1ccc(Cl)cc1)S(=O)(=O)c1ccc(Cl)cc1)Nc1ccc2sncc2c1. The zero-order valence-corrected chi connectivity index (χ0v) is 19.7. The Labute approximate surface area is 199 Å². The molecule has 0 radical (unpaired) electrons. The van der Waals surface area contributed by atoms with Crippen LogP contribution in [0.15, 0.2) is 77.8 Å². The molecule has 0 unspecified atom stereocenters. The Kier molecular flexibility index (Phi) is 6.78. The molecule has 0 bridgehead atoms. The van der Waals surface area contributed by atoms with E-state index in [9.17, 15) is 13.2 Å². The first-order chi connectivity index (χ1) is 15.3. The summed E-state index contributed by atoms with van der Waals surface area (Å²) in [6, 6.07) is 18.1. The molecule has 1 N–H and O–H groups in total. The van der Waals surface area contributed by atoms with Crippen LogP contribution in [0.2, 0.25) is 10.0 Å². The van der Waals surface area contributed by atoms with Crippen LogP contribution in [-0.2, 0) is 21.4 Å². The van der Waals surface area contributed by atoms with Crippen molar-refractivity contribution in [2.24, 2.45) is 0 Å². The number of halogens is 2. The lowest BCUT2D eigenvalue weighted by Crippen LogP contribution is -2.37. The van der Waals surface area contributed by atoms with Crippen LogP contribution in [0, 0.1) is 0 Å². The van der Waals surface area contributed by atoms with Crippen LogP contribution < -0.4 is 5.32 Å². The maximum Gasteiger partial charge on any atom is 0.243 e. The largest absolute Gasteiger partial charge is 0.325 e. The minimum absolute atomic E-state index is 0.00301. The number of aromatic nitrogens is 1. The van der Waals surface area contributed by atoms with Crippen molar-refractivity contribution in [3.05, 3.63) is 88.5 Å². The molecular formula is C22H17Cl2N3O3S2. The Morgan fingerprint density at radius 2 is 1.62 bits per heavy atom. The molecule has 1 heterocycles. The van der Waals surface area contributed by atoms with Crippen molar-refractivity contribution in [1.29, 1.82) is 0 Å². The normalized spacial score (nSPS) is 11.7. The third kappa shape index (κ3) is 5.28. The van der Waals surface area contributed by atoms with Crippen LogP contribution in [-0.4, -0.2) is 29.5 Å². The fraction of sp³-hybridized carbons (Fsp3) is 0.0909. The highest BCUT2D eigenvalue weighted by atomic mass is 35.5. The van der Waals surface area contributed by atoms with Gasteiger partial charge in [-0.3, -0.25) is 4.79 Å². The van der Waals surface area contributed by atoms with Gasteiger partial charge in [0.05, 0.1) is 16.1 Å². The Bertz CT molecular complexity index is 1360. The number of hydrogen-bond acceptors (Lipinski definition) is 5. The van der Waals surface area contributed by atoms with Crippen molar-refractivity contribution in [2.45, 2.75) is 11.4 Å². The Morgan fingerprint density at radius 1 is 0.969 bits per heavy atom. The highest BCUT2D eigenvalue weighted by Gasteiger charge is 2.27. The van der Waals surface area contributed by atoms with Gasteiger partial charge in [0, 0.05) is 33.9 Å². The number of fused-ring (bicyclic) bond motifs is 1. The van der Waals surface area contributed by atoms with Crippen molar-refractivity contribution in [2.75, 3.05) is 11.9 Å². The second kappa shape index (κ2) is 9.56. The molecule has 1 amide bonds. The summed E-state index contributed by atoms with van der Waals surface area (Å²) in [6.07, 6.45) is 1.72. The van der Waals surface area contributed by atoms with E-state index in [1.807, 2.05) is 6.07 Å². The third-order valence-corrected chi connectivity index (χ3v) is 7.77. The minimum Gasteiger partial charge on any atom is -0.325 e. The van der Waals surface area contributed by atoms with Crippen molar-refractivity contribution < 1.29 is 13.2 Å². The van der Waals surface area contributed by atoms with Gasteiger partial charge >= 0.3 is 0 Å². The van der Waals surface area contributed by atoms with Gasteiger partial charge < -0.3 is 5.32 Å². The van der Waals surface area contributed by atoms with E-state index in [4.69, 9.17) is 23.2 Å². The number of hydrogen-bond donors (Lipinski definition) is 1. The third-order valence-electron chi connectivity index (χ3n) is 4.68. The van der Waals surface area contributed by atoms with Gasteiger partial charge in [0.25, 0.3) is 0 Å². The van der Waals surface area contributed by atoms with Gasteiger partial charge in [-0.1, -0.05) is 35.3 Å². The van der Waals surface area contributed by atoms with E-state index >= 15 is 0 Å². The molecule has 32 heavy (non-hydrogen) atoms. The molecule has 10 heteroatoms. The van der Waals surface area contributed by atoms with Crippen LogP contribution in [0.25, 0.3) is 10.1 Å². The molecule has 0 aliphatic heterocycles. The molecule has 0 saturated carbocycles. The summed E-state index contributed by atoms with van der Waals surface area (Å²) < 4.78 is 32.9. The van der Waals surface area contributed by atoms with Gasteiger partial charge in [-0.2, -0.15) is 8.68 Å². The summed E-state index contributed by atoms with van der Waals surface area (Å²) in [4.78, 5) is 12.9. The summed E-state index contributed by atoms with van der Waals surface area (Å²) in [5.41, 5.74) is 1.27. The standard InChI is InChI=1S/C22H17Cl2N3O3S2/c23-17-3-1-15(2-4-17)13-27(32(29,30)20-8-5-18(24)6-9-20)14-22(28)26-19-7-10-21-16(11-19)12-25-31-21/h1-12H,13-14H2,(H,26,28). The van der Waals surface area contributed by atoms with Crippen molar-refractivity contribution in [3.63, 3.8) is 0 Å². The molecule has 4 aromatic rings. The molecule has 6 nitrogen and oxygen atoms in total. The van der Waals surface area contributed by atoms with Crippen LogP contribution in [0.3, 0.4) is 0 Å². The Balaban J connectivity index is 1.59. The maximum absolute atomic E-state index is 13.3. The lowest BCUT2D eigenvalue weighted by Gasteiger charge is -2.22. The van der Waals surface area contributed by atoms with E-state index in [2.05, 4.69) is 9.69 Å². The lowest BCUT2D eigenvalue weighted by molar-refractivity contribution is -0.116. The highest BCUT2D eigenvalue weighted by molar-refractivity contribution is 7.89. The topological polar surface area (TPSA) is 79.4 Å². The predicted molar refractivity (Wildman–Crippen MR) is 129 cm³/mol. The zero-order chi connectivity index (χ0) is 22.7. The average Bonchev–Trinajstić information content (AvgIpc) is 3.23. The number of sulfonamides is 1. The van der Waals surface area contributed by atoms with Gasteiger partial charge in [0.1, 0.15) is 0 Å². The number of anilines is 1. The first-order valence-corrected chi connectivity index (χ1v) is 12.4. The highest BCUT2D eigenvalue weighted by Crippen LogP contribution is 2.23. The summed E-state index contributed by atoms with van der Waals surface area (Å²) in [5, 5.41) is 4.63. The average molecular weight is 506 g/mol. The summed E-state index contributed by atoms with van der Waals surface area (Å²) in [5.74, 6) is -0.459. The number of benzene rings is 3. The smallest absolute Gasteiger partial charge is 0.243 e. The monoisotopic (exact) mass is 505 g/mol. The van der Waals surface area contributed by atoms with Gasteiger partial charge in [0.2, 0.25) is 15.9 Å². The van der Waals surface area contributed by atoms with E-state index in [1.165, 1.54) is 35.8 Å². The molecule has 0 fully saturated rings. The molecule has 4 rings (SSSR count). The predicted octanol–water partition coefficient (Wildman–Crippen LogP) is 5.43. The number of nitrogens with zero attached hydrogens (tertiary/aromatic N) is 2. The molecule has 0 aliphatic carbocycles. The van der Waals surface area contributed by atoms with Gasteiger partial charge in [-0.05, 0) is 71.7 Å². The second-order valence-corrected chi connectivity index (χ2v) is 10.6. The first-order valence-electron chi connectivity index (χ1n) is 9.46. The van der Waals surface area contributed by atoms with E-state index < -0.39 is 15.9 Å². The number of carbonyl (C=O) groups is 1. The van der Waals surface area contributed by atoms with Crippen LogP contribution >= 0.6 is 34.7 Å². The molecule has 0 aliphatic rings. The first kappa shape index (κ1) is 22.7. The zero-order valence-electron chi connectivity index (χ0n) is 16.5. The van der Waals surface area contributed by atoms with Crippen molar-refractivity contribution in [1.82, 2.24) is 8.68 Å². The van der Waals surface area contributed by atoms with E-state index in [0.29, 0.717) is 21.3 Å². The quantitative estimate of drug-likeness (QED) is 0.363. The van der Waals surface area contributed by atoms with Crippen molar-refractivity contribution in [3.8, 4) is 0 Å². The molecule has 1 aromatic heterocycles. The molecule has 3 aromatic carbocycles. The molecular weight excluding hydrogens is 489 g/mol. The fourth-order valence-electron chi connectivity index (χ4n) is 3.09. The van der Waals surface area contributed by atoms with Gasteiger partial charge in [-0.15, -0.1) is 0 Å². The number of rotatable bonds is 7. The van der Waals surface area contributed by atoms with Crippen LogP contribution in [0.5, 0.6) is 0 Å². The number of nitrogens with one attached hydrogen (secondary N) is 1. The minimum atomic E-state index is -3.97. The molecule has 0 atom stereocenters. The lowest BCUT2D eigenvalue weighted by atomic mass is 10.2. The molecule has 164 valence electrons. The fourth-order valence-corrected chi connectivity index (χ4v) is 5.35. The van der Waals surface area contributed by atoms with Gasteiger partial charge in [-0.25, -0.2) is 8.42 Å². The molecule has 0 spiro atoms. The second-order valence-electron chi connectivity index (χ2n) is 6.98. The van der Waals surface area contributed by atoms with E-state index in [0.717, 1.165) is 14.4 Å². The van der Waals surface area contributed by atoms with Crippen molar-refractivity contribution >= 4 is 66.4 Å².